The number of rotatable bonds is 3. The van der Waals surface area contributed by atoms with Crippen LogP contribution in [0.2, 0.25) is 0 Å². The van der Waals surface area contributed by atoms with Crippen molar-refractivity contribution in [2.24, 2.45) is 0 Å². The number of carbonyl (C=O) groups excluding carboxylic acids is 2. The van der Waals surface area contributed by atoms with E-state index in [2.05, 4.69) is 5.32 Å². The molecule has 0 aromatic heterocycles. The summed E-state index contributed by atoms with van der Waals surface area (Å²) in [5, 5.41) is 1.79. The predicted molar refractivity (Wildman–Crippen MR) is 62.5 cm³/mol. The number of halogens is 1. The van der Waals surface area contributed by atoms with Gasteiger partial charge in [0.1, 0.15) is 11.4 Å². The highest BCUT2D eigenvalue weighted by molar-refractivity contribution is 6.30. The fourth-order valence-corrected chi connectivity index (χ4v) is 1.85. The van der Waals surface area contributed by atoms with Gasteiger partial charge in [0, 0.05) is 6.42 Å². The summed E-state index contributed by atoms with van der Waals surface area (Å²) in [6.45, 7) is 0.349. The number of benzene rings is 1. The molecule has 0 aliphatic carbocycles. The second-order valence-electron chi connectivity index (χ2n) is 3.79. The average Bonchev–Trinajstić information content (AvgIpc) is 2.75. The Bertz CT molecular complexity index is 421. The average molecular weight is 254 g/mol. The quantitative estimate of drug-likeness (QED) is 0.654. The van der Waals surface area contributed by atoms with Gasteiger partial charge in [-0.3, -0.25) is 4.79 Å². The van der Waals surface area contributed by atoms with Crippen LogP contribution < -0.4 is 5.32 Å². The Kier molecular flexibility index (Phi) is 3.64. The normalized spacial score (nSPS) is 20.8. The Balaban J connectivity index is 1.98. The SMILES string of the molecule is O=C1OCCC1NC(=O)C(Cl)c1ccccc1. The molecule has 1 aliphatic heterocycles. The van der Waals surface area contributed by atoms with Crippen LogP contribution in [0.15, 0.2) is 30.3 Å². The molecule has 4 nitrogen and oxygen atoms in total. The highest BCUT2D eigenvalue weighted by atomic mass is 35.5. The summed E-state index contributed by atoms with van der Waals surface area (Å²) < 4.78 is 4.76. The van der Waals surface area contributed by atoms with Gasteiger partial charge >= 0.3 is 5.97 Å². The molecular weight excluding hydrogens is 242 g/mol. The van der Waals surface area contributed by atoms with E-state index in [1.54, 1.807) is 12.1 Å². The van der Waals surface area contributed by atoms with Gasteiger partial charge in [-0.25, -0.2) is 4.79 Å². The lowest BCUT2D eigenvalue weighted by atomic mass is 10.1. The largest absolute Gasteiger partial charge is 0.464 e. The lowest BCUT2D eigenvalue weighted by molar-refractivity contribution is -0.141. The van der Waals surface area contributed by atoms with Crippen LogP contribution in [0.1, 0.15) is 17.4 Å². The smallest absolute Gasteiger partial charge is 0.328 e. The molecule has 17 heavy (non-hydrogen) atoms. The van der Waals surface area contributed by atoms with Gasteiger partial charge < -0.3 is 10.1 Å². The molecule has 0 radical (unpaired) electrons. The first-order valence-electron chi connectivity index (χ1n) is 5.34. The first-order chi connectivity index (χ1) is 8.18. The van der Waals surface area contributed by atoms with E-state index in [-0.39, 0.29) is 5.91 Å². The molecule has 90 valence electrons. The number of ether oxygens (including phenoxy) is 1. The summed E-state index contributed by atoms with van der Waals surface area (Å²) in [7, 11) is 0. The fraction of sp³-hybridized carbons (Fsp3) is 0.333. The maximum absolute atomic E-state index is 11.8. The summed E-state index contributed by atoms with van der Waals surface area (Å²) in [5.41, 5.74) is 0.707. The number of nitrogens with one attached hydrogen (secondary N) is 1. The van der Waals surface area contributed by atoms with Crippen molar-refractivity contribution in [1.29, 1.82) is 0 Å². The highest BCUT2D eigenvalue weighted by Gasteiger charge is 2.30. The van der Waals surface area contributed by atoms with E-state index in [0.717, 1.165) is 0 Å². The van der Waals surface area contributed by atoms with Crippen LogP contribution in [-0.2, 0) is 14.3 Å². The molecule has 1 heterocycles. The van der Waals surface area contributed by atoms with Crippen molar-refractivity contribution in [3.63, 3.8) is 0 Å². The predicted octanol–water partition coefficient (Wildman–Crippen LogP) is 1.40. The Labute approximate surface area is 104 Å². The van der Waals surface area contributed by atoms with E-state index in [4.69, 9.17) is 16.3 Å². The summed E-state index contributed by atoms with van der Waals surface area (Å²) in [4.78, 5) is 23.0. The van der Waals surface area contributed by atoms with Crippen LogP contribution in [0.5, 0.6) is 0 Å². The number of carbonyl (C=O) groups is 2. The number of hydrogen-bond donors (Lipinski definition) is 1. The van der Waals surface area contributed by atoms with Crippen molar-refractivity contribution in [3.8, 4) is 0 Å². The number of cyclic esters (lactones) is 1. The standard InChI is InChI=1S/C12H12ClNO3/c13-10(8-4-2-1-3-5-8)11(15)14-9-6-7-17-12(9)16/h1-5,9-10H,6-7H2,(H,14,15). The van der Waals surface area contributed by atoms with Gasteiger partial charge in [-0.05, 0) is 5.56 Å². The Morgan fingerprint density at radius 1 is 1.41 bits per heavy atom. The molecule has 5 heteroatoms. The van der Waals surface area contributed by atoms with E-state index in [0.29, 0.717) is 18.6 Å². The first kappa shape index (κ1) is 11.9. The molecule has 1 aliphatic rings. The molecule has 1 aromatic carbocycles. The summed E-state index contributed by atoms with van der Waals surface area (Å²) in [6, 6.07) is 8.43. The van der Waals surface area contributed by atoms with Gasteiger partial charge in [-0.15, -0.1) is 11.6 Å². The van der Waals surface area contributed by atoms with Gasteiger partial charge in [-0.1, -0.05) is 30.3 Å². The third kappa shape index (κ3) is 2.77. The molecule has 2 atom stereocenters. The molecule has 0 bridgehead atoms. The monoisotopic (exact) mass is 253 g/mol. The second kappa shape index (κ2) is 5.19. The molecule has 0 saturated carbocycles. The van der Waals surface area contributed by atoms with Crippen molar-refractivity contribution in [3.05, 3.63) is 35.9 Å². The topological polar surface area (TPSA) is 55.4 Å². The van der Waals surface area contributed by atoms with Crippen molar-refractivity contribution >= 4 is 23.5 Å². The number of esters is 1. The number of hydrogen-bond acceptors (Lipinski definition) is 3. The summed E-state index contributed by atoms with van der Waals surface area (Å²) in [6.07, 6.45) is 0.503. The first-order valence-corrected chi connectivity index (χ1v) is 5.78. The van der Waals surface area contributed by atoms with Gasteiger partial charge in [-0.2, -0.15) is 0 Å². The van der Waals surface area contributed by atoms with Gasteiger partial charge in [0.05, 0.1) is 6.61 Å². The van der Waals surface area contributed by atoms with E-state index in [1.807, 2.05) is 18.2 Å². The molecule has 0 spiro atoms. The Morgan fingerprint density at radius 2 is 2.12 bits per heavy atom. The van der Waals surface area contributed by atoms with Crippen molar-refractivity contribution in [1.82, 2.24) is 5.32 Å². The van der Waals surface area contributed by atoms with Crippen LogP contribution in [0.4, 0.5) is 0 Å². The molecule has 1 fully saturated rings. The van der Waals surface area contributed by atoms with Crippen LogP contribution in [-0.4, -0.2) is 24.5 Å². The van der Waals surface area contributed by atoms with Crippen LogP contribution in [0, 0.1) is 0 Å². The van der Waals surface area contributed by atoms with Gasteiger partial charge in [0.15, 0.2) is 0 Å². The Morgan fingerprint density at radius 3 is 2.71 bits per heavy atom. The third-order valence-corrected chi connectivity index (χ3v) is 3.02. The van der Waals surface area contributed by atoms with Crippen molar-refractivity contribution < 1.29 is 14.3 Å². The molecule has 2 rings (SSSR count). The fourth-order valence-electron chi connectivity index (χ4n) is 1.65. The lowest BCUT2D eigenvalue weighted by Gasteiger charge is -2.13. The molecule has 1 aromatic rings. The maximum atomic E-state index is 11.8. The summed E-state index contributed by atoms with van der Waals surface area (Å²) >= 11 is 6.02. The van der Waals surface area contributed by atoms with Crippen LogP contribution in [0.3, 0.4) is 0 Å². The second-order valence-corrected chi connectivity index (χ2v) is 4.23. The zero-order valence-corrected chi connectivity index (χ0v) is 9.81. The lowest BCUT2D eigenvalue weighted by Crippen LogP contribution is -2.39. The molecule has 1 saturated heterocycles. The minimum Gasteiger partial charge on any atom is -0.464 e. The van der Waals surface area contributed by atoms with Crippen molar-refractivity contribution in [2.75, 3.05) is 6.61 Å². The van der Waals surface area contributed by atoms with Gasteiger partial charge in [0.2, 0.25) is 5.91 Å². The van der Waals surface area contributed by atoms with Crippen LogP contribution >= 0.6 is 11.6 Å². The minimum absolute atomic E-state index is 0.349. The van der Waals surface area contributed by atoms with E-state index in [9.17, 15) is 9.59 Å². The van der Waals surface area contributed by atoms with E-state index in [1.165, 1.54) is 0 Å². The molecule has 1 N–H and O–H groups in total. The minimum atomic E-state index is -0.787. The number of alkyl halides is 1. The van der Waals surface area contributed by atoms with Gasteiger partial charge in [0.25, 0.3) is 0 Å². The molecular formula is C12H12ClNO3. The zero-order valence-electron chi connectivity index (χ0n) is 9.06. The maximum Gasteiger partial charge on any atom is 0.328 e. The zero-order chi connectivity index (χ0) is 12.3. The highest BCUT2D eigenvalue weighted by Crippen LogP contribution is 2.20. The van der Waals surface area contributed by atoms with E-state index < -0.39 is 17.4 Å². The molecule has 2 unspecified atom stereocenters. The summed E-state index contributed by atoms with van der Waals surface area (Å²) in [5.74, 6) is -0.767. The van der Waals surface area contributed by atoms with E-state index >= 15 is 0 Å². The van der Waals surface area contributed by atoms with Crippen LogP contribution in [0.25, 0.3) is 0 Å². The molecule has 1 amide bonds. The number of amides is 1. The van der Waals surface area contributed by atoms with Crippen molar-refractivity contribution in [2.45, 2.75) is 17.8 Å². The Hall–Kier alpha value is -1.55. The third-order valence-electron chi connectivity index (χ3n) is 2.57.